The Bertz CT molecular complexity index is 821. The predicted molar refractivity (Wildman–Crippen MR) is 97.9 cm³/mol. The highest BCUT2D eigenvalue weighted by Gasteiger charge is 2.27. The highest BCUT2D eigenvalue weighted by Crippen LogP contribution is 2.26. The maximum Gasteiger partial charge on any atom is 0.257 e. The minimum absolute atomic E-state index is 0.0353. The Morgan fingerprint density at radius 2 is 2.00 bits per heavy atom. The molecule has 1 saturated heterocycles. The molecule has 25 heavy (non-hydrogen) atoms. The number of thiophene rings is 1. The van der Waals surface area contributed by atoms with Crippen LogP contribution >= 0.6 is 11.3 Å². The Hall–Kier alpha value is -2.60. The van der Waals surface area contributed by atoms with Crippen molar-refractivity contribution in [2.24, 2.45) is 0 Å². The van der Waals surface area contributed by atoms with Gasteiger partial charge in [-0.25, -0.2) is 0 Å². The lowest BCUT2D eigenvalue weighted by molar-refractivity contribution is 0.0596. The topological polar surface area (TPSA) is 58.2 Å². The van der Waals surface area contributed by atoms with Gasteiger partial charge in [-0.05, 0) is 23.6 Å². The Kier molecular flexibility index (Phi) is 4.52. The number of aromatic amines is 1. The van der Waals surface area contributed by atoms with Gasteiger partial charge < -0.3 is 9.64 Å². The van der Waals surface area contributed by atoms with Crippen LogP contribution in [0.3, 0.4) is 0 Å². The molecule has 0 atom stereocenters. The van der Waals surface area contributed by atoms with Crippen molar-refractivity contribution in [3.8, 4) is 17.0 Å². The zero-order valence-electron chi connectivity index (χ0n) is 13.7. The van der Waals surface area contributed by atoms with Crippen LogP contribution in [0.25, 0.3) is 11.3 Å². The third kappa shape index (κ3) is 3.44. The number of H-pyrrole nitrogens is 1. The third-order valence-electron chi connectivity index (χ3n) is 4.45. The van der Waals surface area contributed by atoms with E-state index in [9.17, 15) is 4.79 Å². The van der Waals surface area contributed by atoms with Crippen LogP contribution < -0.4 is 4.74 Å². The van der Waals surface area contributed by atoms with Crippen LogP contribution in [0.1, 0.15) is 23.2 Å². The molecular formula is C19H19N3O2S. The van der Waals surface area contributed by atoms with Gasteiger partial charge in [-0.15, -0.1) is 0 Å². The highest BCUT2D eigenvalue weighted by molar-refractivity contribution is 7.08. The Balaban J connectivity index is 1.40. The first-order valence-corrected chi connectivity index (χ1v) is 9.32. The molecule has 1 aliphatic rings. The average Bonchev–Trinajstić information content (AvgIpc) is 3.34. The number of likely N-dealkylation sites (tertiary alicyclic amines) is 1. The van der Waals surface area contributed by atoms with E-state index in [2.05, 4.69) is 10.2 Å². The number of hydrogen-bond acceptors (Lipinski definition) is 4. The molecule has 5 nitrogen and oxygen atoms in total. The molecule has 128 valence electrons. The molecule has 1 amide bonds. The van der Waals surface area contributed by atoms with Crippen molar-refractivity contribution in [2.75, 3.05) is 13.1 Å². The second kappa shape index (κ2) is 7.11. The number of rotatable bonds is 4. The molecule has 1 aromatic carbocycles. The minimum atomic E-state index is 0.0353. The van der Waals surface area contributed by atoms with Gasteiger partial charge in [0.05, 0.1) is 17.5 Å². The van der Waals surface area contributed by atoms with E-state index in [-0.39, 0.29) is 12.0 Å². The summed E-state index contributed by atoms with van der Waals surface area (Å²) in [7, 11) is 0. The molecule has 0 aliphatic carbocycles. The Morgan fingerprint density at radius 3 is 2.72 bits per heavy atom. The number of hydrogen-bond donors (Lipinski definition) is 1. The largest absolute Gasteiger partial charge is 0.490 e. The number of nitrogens with zero attached hydrogens (tertiary/aromatic N) is 2. The summed E-state index contributed by atoms with van der Waals surface area (Å²) in [5.41, 5.74) is 2.45. The van der Waals surface area contributed by atoms with Crippen molar-refractivity contribution in [3.05, 3.63) is 58.9 Å². The first kappa shape index (κ1) is 15.9. The lowest BCUT2D eigenvalue weighted by atomic mass is 10.1. The van der Waals surface area contributed by atoms with E-state index < -0.39 is 0 Å². The van der Waals surface area contributed by atoms with Crippen LogP contribution in [0.2, 0.25) is 0 Å². The summed E-state index contributed by atoms with van der Waals surface area (Å²) in [5.74, 6) is 0.926. The molecule has 1 aliphatic heterocycles. The van der Waals surface area contributed by atoms with E-state index in [0.717, 1.165) is 29.8 Å². The summed E-state index contributed by atoms with van der Waals surface area (Å²) in [4.78, 5) is 14.8. The second-order valence-electron chi connectivity index (χ2n) is 6.09. The number of carbonyl (C=O) groups excluding carboxylic acids is 1. The van der Waals surface area contributed by atoms with Gasteiger partial charge in [-0.2, -0.15) is 16.4 Å². The molecule has 2 aromatic heterocycles. The summed E-state index contributed by atoms with van der Waals surface area (Å²) in [5, 5.41) is 11.0. The number of carbonyl (C=O) groups is 1. The van der Waals surface area contributed by atoms with Gasteiger partial charge in [0.2, 0.25) is 0 Å². The maximum absolute atomic E-state index is 12.9. The molecule has 1 fully saturated rings. The number of aromatic nitrogens is 2. The van der Waals surface area contributed by atoms with E-state index in [4.69, 9.17) is 4.74 Å². The molecule has 4 rings (SSSR count). The average molecular weight is 353 g/mol. The summed E-state index contributed by atoms with van der Waals surface area (Å²) in [6.45, 7) is 1.40. The molecule has 3 aromatic rings. The minimum Gasteiger partial charge on any atom is -0.490 e. The Labute approximate surface area is 150 Å². The van der Waals surface area contributed by atoms with E-state index in [1.165, 1.54) is 0 Å². The summed E-state index contributed by atoms with van der Waals surface area (Å²) < 4.78 is 6.00. The predicted octanol–water partition coefficient (Wildman–Crippen LogP) is 3.82. The van der Waals surface area contributed by atoms with Gasteiger partial charge in [0.25, 0.3) is 5.91 Å². The smallest absolute Gasteiger partial charge is 0.257 e. The van der Waals surface area contributed by atoms with Gasteiger partial charge in [0.1, 0.15) is 11.9 Å². The van der Waals surface area contributed by atoms with E-state index >= 15 is 0 Å². The van der Waals surface area contributed by atoms with Crippen LogP contribution in [0.4, 0.5) is 0 Å². The molecule has 6 heteroatoms. The molecule has 1 N–H and O–H groups in total. The normalized spacial score (nSPS) is 15.3. The fraction of sp³-hybridized carbons (Fsp3) is 0.263. The zero-order valence-corrected chi connectivity index (χ0v) is 14.5. The van der Waals surface area contributed by atoms with Crippen LogP contribution in [-0.2, 0) is 0 Å². The molecule has 0 radical (unpaired) electrons. The summed E-state index contributed by atoms with van der Waals surface area (Å²) in [6.07, 6.45) is 3.47. The Morgan fingerprint density at radius 1 is 1.20 bits per heavy atom. The molecule has 0 spiro atoms. The van der Waals surface area contributed by atoms with Crippen molar-refractivity contribution in [2.45, 2.75) is 18.9 Å². The number of ether oxygens (including phenoxy) is 1. The van der Waals surface area contributed by atoms with Crippen molar-refractivity contribution in [1.29, 1.82) is 0 Å². The van der Waals surface area contributed by atoms with Crippen LogP contribution in [-0.4, -0.2) is 40.2 Å². The van der Waals surface area contributed by atoms with Crippen molar-refractivity contribution >= 4 is 17.2 Å². The van der Waals surface area contributed by atoms with E-state index in [1.54, 1.807) is 17.5 Å². The van der Waals surface area contributed by atoms with Crippen LogP contribution in [0.15, 0.2) is 53.4 Å². The van der Waals surface area contributed by atoms with Crippen LogP contribution in [0.5, 0.6) is 5.75 Å². The van der Waals surface area contributed by atoms with Gasteiger partial charge in [-0.3, -0.25) is 9.89 Å². The van der Waals surface area contributed by atoms with Crippen molar-refractivity contribution in [3.63, 3.8) is 0 Å². The third-order valence-corrected chi connectivity index (χ3v) is 5.14. The van der Waals surface area contributed by atoms with Crippen molar-refractivity contribution in [1.82, 2.24) is 15.1 Å². The number of piperidine rings is 1. The van der Waals surface area contributed by atoms with Gasteiger partial charge in [-0.1, -0.05) is 18.2 Å². The first-order valence-electron chi connectivity index (χ1n) is 8.38. The molecule has 3 heterocycles. The number of nitrogens with one attached hydrogen (secondary N) is 1. The lowest BCUT2D eigenvalue weighted by Crippen LogP contribution is -2.41. The fourth-order valence-corrected chi connectivity index (χ4v) is 3.76. The van der Waals surface area contributed by atoms with Gasteiger partial charge >= 0.3 is 0 Å². The number of benzene rings is 1. The molecular weight excluding hydrogens is 334 g/mol. The number of amides is 1. The van der Waals surface area contributed by atoms with Gasteiger partial charge in [0.15, 0.2) is 0 Å². The molecule has 0 saturated carbocycles. The van der Waals surface area contributed by atoms with Crippen LogP contribution in [0, 0.1) is 0 Å². The second-order valence-corrected chi connectivity index (χ2v) is 6.87. The monoisotopic (exact) mass is 353 g/mol. The summed E-state index contributed by atoms with van der Waals surface area (Å²) >= 11 is 1.61. The standard InChI is InChI=1S/C19H19N3O2S/c23-19(17-12-20-21-18(17)14-8-11-25-13-14)22-9-6-16(7-10-22)24-15-4-2-1-3-5-15/h1-5,8,11-13,16H,6-7,9-10H2,(H,20,21). The van der Waals surface area contributed by atoms with Gasteiger partial charge in [0, 0.05) is 36.9 Å². The van der Waals surface area contributed by atoms with E-state index in [1.807, 2.05) is 52.1 Å². The lowest BCUT2D eigenvalue weighted by Gasteiger charge is -2.32. The molecule has 0 bridgehead atoms. The highest BCUT2D eigenvalue weighted by atomic mass is 32.1. The van der Waals surface area contributed by atoms with Crippen molar-refractivity contribution < 1.29 is 9.53 Å². The summed E-state index contributed by atoms with van der Waals surface area (Å²) in [6, 6.07) is 11.9. The van der Waals surface area contributed by atoms with E-state index in [0.29, 0.717) is 18.7 Å². The first-order chi connectivity index (χ1) is 12.3. The molecule has 0 unspecified atom stereocenters. The zero-order chi connectivity index (χ0) is 17.1. The fourth-order valence-electron chi connectivity index (χ4n) is 3.11. The number of para-hydroxylation sites is 1. The quantitative estimate of drug-likeness (QED) is 0.776. The SMILES string of the molecule is O=C(c1cn[nH]c1-c1ccsc1)N1CCC(Oc2ccccc2)CC1. The maximum atomic E-state index is 12.9.